The summed E-state index contributed by atoms with van der Waals surface area (Å²) in [5.74, 6) is 0.0678. The van der Waals surface area contributed by atoms with Crippen molar-refractivity contribution in [1.82, 2.24) is 0 Å². The Morgan fingerprint density at radius 1 is 1.00 bits per heavy atom. The topological polar surface area (TPSA) is 46.6 Å². The molecule has 22 heavy (non-hydrogen) atoms. The van der Waals surface area contributed by atoms with E-state index in [9.17, 15) is 9.59 Å². The summed E-state index contributed by atoms with van der Waals surface area (Å²) in [6.07, 6.45) is 1.39. The Hall–Kier alpha value is -2.88. The molecule has 0 atom stereocenters. The normalized spacial score (nSPS) is 14.3. The summed E-state index contributed by atoms with van der Waals surface area (Å²) in [5.41, 5.74) is 2.55. The molecular weight excluding hydrogens is 278 g/mol. The molecule has 2 aromatic carbocycles. The molecule has 0 N–H and O–H groups in total. The summed E-state index contributed by atoms with van der Waals surface area (Å²) in [6, 6.07) is 14.5. The molecular formula is C18H15NO3. The Balaban J connectivity index is 1.98. The number of aryl methyl sites for hydroxylation is 1. The summed E-state index contributed by atoms with van der Waals surface area (Å²) in [7, 11) is 1.58. The van der Waals surface area contributed by atoms with Gasteiger partial charge >= 0.3 is 0 Å². The van der Waals surface area contributed by atoms with Crippen LogP contribution in [0.5, 0.6) is 5.75 Å². The predicted octanol–water partition coefficient (Wildman–Crippen LogP) is 2.96. The molecule has 1 aliphatic rings. The van der Waals surface area contributed by atoms with E-state index in [1.165, 1.54) is 11.0 Å². The van der Waals surface area contributed by atoms with Gasteiger partial charge in [0, 0.05) is 6.08 Å². The number of hydrogen-bond acceptors (Lipinski definition) is 3. The van der Waals surface area contributed by atoms with Crippen molar-refractivity contribution in [2.45, 2.75) is 6.92 Å². The van der Waals surface area contributed by atoms with Gasteiger partial charge < -0.3 is 4.74 Å². The summed E-state index contributed by atoms with van der Waals surface area (Å²) < 4.78 is 5.16. The van der Waals surface area contributed by atoms with Crippen molar-refractivity contribution in [3.8, 4) is 5.75 Å². The zero-order valence-electron chi connectivity index (χ0n) is 12.4. The van der Waals surface area contributed by atoms with Gasteiger partial charge in [-0.3, -0.25) is 9.59 Å². The number of anilines is 1. The number of carbonyl (C=O) groups excluding carboxylic acids is 2. The molecule has 2 aromatic rings. The number of nitrogens with zero attached hydrogens (tertiary/aromatic N) is 1. The maximum absolute atomic E-state index is 12.6. The third-order valence-corrected chi connectivity index (χ3v) is 3.65. The van der Waals surface area contributed by atoms with Crippen LogP contribution in [0.15, 0.2) is 54.6 Å². The predicted molar refractivity (Wildman–Crippen MR) is 84.6 cm³/mol. The van der Waals surface area contributed by atoms with Crippen LogP contribution < -0.4 is 9.64 Å². The van der Waals surface area contributed by atoms with Crippen molar-refractivity contribution in [2.75, 3.05) is 12.0 Å². The van der Waals surface area contributed by atoms with Crippen LogP contribution in [0.2, 0.25) is 0 Å². The first kappa shape index (κ1) is 14.1. The Morgan fingerprint density at radius 3 is 2.36 bits per heavy atom. The number of benzene rings is 2. The van der Waals surface area contributed by atoms with Crippen LogP contribution in [0.1, 0.15) is 11.1 Å². The second-order valence-electron chi connectivity index (χ2n) is 5.06. The molecule has 110 valence electrons. The van der Waals surface area contributed by atoms with E-state index in [1.807, 2.05) is 37.3 Å². The molecule has 3 rings (SSSR count). The van der Waals surface area contributed by atoms with E-state index < -0.39 is 0 Å². The number of amides is 2. The SMILES string of the molecule is COc1ccc(N2C(=O)C=C(c3ccccc3)C2=O)c(C)c1. The molecule has 0 spiro atoms. The molecule has 4 nitrogen and oxygen atoms in total. The van der Waals surface area contributed by atoms with E-state index in [4.69, 9.17) is 4.74 Å². The zero-order valence-corrected chi connectivity index (χ0v) is 12.4. The van der Waals surface area contributed by atoms with Crippen LogP contribution in [0.4, 0.5) is 5.69 Å². The van der Waals surface area contributed by atoms with Crippen LogP contribution >= 0.6 is 0 Å². The summed E-state index contributed by atoms with van der Waals surface area (Å²) in [5, 5.41) is 0. The lowest BCUT2D eigenvalue weighted by Gasteiger charge is -2.18. The maximum atomic E-state index is 12.6. The molecule has 0 saturated heterocycles. The van der Waals surface area contributed by atoms with Crippen LogP contribution in [0.3, 0.4) is 0 Å². The van der Waals surface area contributed by atoms with Gasteiger partial charge in [-0.05, 0) is 36.2 Å². The van der Waals surface area contributed by atoms with E-state index in [0.29, 0.717) is 17.0 Å². The minimum atomic E-state index is -0.322. The molecule has 1 aliphatic heterocycles. The summed E-state index contributed by atoms with van der Waals surface area (Å²) in [4.78, 5) is 26.1. The Morgan fingerprint density at radius 2 is 1.73 bits per heavy atom. The van der Waals surface area contributed by atoms with Crippen molar-refractivity contribution in [3.05, 3.63) is 65.7 Å². The van der Waals surface area contributed by atoms with Gasteiger partial charge in [0.05, 0.1) is 18.4 Å². The maximum Gasteiger partial charge on any atom is 0.266 e. The number of carbonyl (C=O) groups is 2. The summed E-state index contributed by atoms with van der Waals surface area (Å²) >= 11 is 0. The first-order chi connectivity index (χ1) is 10.6. The van der Waals surface area contributed by atoms with Crippen LogP contribution in [-0.2, 0) is 9.59 Å². The highest BCUT2D eigenvalue weighted by atomic mass is 16.5. The molecule has 1 heterocycles. The van der Waals surface area contributed by atoms with Gasteiger partial charge in [0.2, 0.25) is 0 Å². The number of hydrogen-bond donors (Lipinski definition) is 0. The van der Waals surface area contributed by atoms with Crippen molar-refractivity contribution < 1.29 is 14.3 Å². The van der Waals surface area contributed by atoms with Crippen molar-refractivity contribution in [3.63, 3.8) is 0 Å². The first-order valence-electron chi connectivity index (χ1n) is 6.92. The van der Waals surface area contributed by atoms with Gasteiger partial charge in [-0.15, -0.1) is 0 Å². The second kappa shape index (κ2) is 5.48. The highest BCUT2D eigenvalue weighted by Crippen LogP contribution is 2.31. The highest BCUT2D eigenvalue weighted by Gasteiger charge is 2.33. The standard InChI is InChI=1S/C18H15NO3/c1-12-10-14(22-2)8-9-16(12)19-17(20)11-15(18(19)21)13-6-4-3-5-7-13/h3-11H,1-2H3. The third kappa shape index (κ3) is 2.29. The van der Waals surface area contributed by atoms with Crippen LogP contribution in [0, 0.1) is 6.92 Å². The van der Waals surface area contributed by atoms with Crippen molar-refractivity contribution in [1.29, 1.82) is 0 Å². The largest absolute Gasteiger partial charge is 0.497 e. The highest BCUT2D eigenvalue weighted by molar-refractivity contribution is 6.43. The average molecular weight is 293 g/mol. The fourth-order valence-corrected chi connectivity index (χ4v) is 2.53. The monoisotopic (exact) mass is 293 g/mol. The molecule has 2 amide bonds. The summed E-state index contributed by atoms with van der Waals surface area (Å²) in [6.45, 7) is 1.85. The second-order valence-corrected chi connectivity index (χ2v) is 5.06. The van der Waals surface area contributed by atoms with Crippen LogP contribution in [0.25, 0.3) is 5.57 Å². The van der Waals surface area contributed by atoms with E-state index in [1.54, 1.807) is 25.3 Å². The lowest BCUT2D eigenvalue weighted by Crippen LogP contribution is -2.31. The molecule has 0 fully saturated rings. The zero-order chi connectivity index (χ0) is 15.7. The number of ether oxygens (including phenoxy) is 1. The quantitative estimate of drug-likeness (QED) is 0.817. The van der Waals surface area contributed by atoms with Gasteiger partial charge in [0.1, 0.15) is 5.75 Å². The smallest absolute Gasteiger partial charge is 0.266 e. The van der Waals surface area contributed by atoms with Gasteiger partial charge in [-0.25, -0.2) is 4.90 Å². The molecule has 0 saturated carbocycles. The minimum absolute atomic E-state index is 0.301. The van der Waals surface area contributed by atoms with Crippen molar-refractivity contribution >= 4 is 23.1 Å². The third-order valence-electron chi connectivity index (χ3n) is 3.65. The molecule has 0 aromatic heterocycles. The van der Waals surface area contributed by atoms with E-state index in [-0.39, 0.29) is 11.8 Å². The molecule has 0 aliphatic carbocycles. The van der Waals surface area contributed by atoms with Gasteiger partial charge in [-0.1, -0.05) is 30.3 Å². The van der Waals surface area contributed by atoms with Crippen LogP contribution in [-0.4, -0.2) is 18.9 Å². The fraction of sp³-hybridized carbons (Fsp3) is 0.111. The fourth-order valence-electron chi connectivity index (χ4n) is 2.53. The number of imide groups is 1. The Kier molecular flexibility index (Phi) is 3.51. The molecule has 4 heteroatoms. The van der Waals surface area contributed by atoms with E-state index in [0.717, 1.165) is 11.1 Å². The van der Waals surface area contributed by atoms with E-state index >= 15 is 0 Å². The van der Waals surface area contributed by atoms with Gasteiger partial charge in [0.25, 0.3) is 11.8 Å². The molecule has 0 unspecified atom stereocenters. The molecule has 0 bridgehead atoms. The number of rotatable bonds is 3. The Bertz CT molecular complexity index is 778. The lowest BCUT2D eigenvalue weighted by atomic mass is 10.1. The minimum Gasteiger partial charge on any atom is -0.497 e. The Labute approximate surface area is 128 Å². The molecule has 0 radical (unpaired) electrons. The van der Waals surface area contributed by atoms with Crippen molar-refractivity contribution in [2.24, 2.45) is 0 Å². The first-order valence-corrected chi connectivity index (χ1v) is 6.92. The lowest BCUT2D eigenvalue weighted by molar-refractivity contribution is -0.119. The van der Waals surface area contributed by atoms with Gasteiger partial charge in [-0.2, -0.15) is 0 Å². The van der Waals surface area contributed by atoms with E-state index in [2.05, 4.69) is 0 Å². The van der Waals surface area contributed by atoms with Gasteiger partial charge in [0.15, 0.2) is 0 Å². The average Bonchev–Trinajstić information content (AvgIpc) is 2.83. The number of methoxy groups -OCH3 is 1.